The number of hydrogen-bond acceptors (Lipinski definition) is 3. The van der Waals surface area contributed by atoms with E-state index in [9.17, 15) is 9.90 Å². The van der Waals surface area contributed by atoms with E-state index in [1.54, 1.807) is 6.92 Å². The molecular weight excluding hydrogens is 470 g/mol. The number of amides is 1. The van der Waals surface area contributed by atoms with Crippen LogP contribution in [0.15, 0.2) is 0 Å². The summed E-state index contributed by atoms with van der Waals surface area (Å²) in [6.07, 6.45) is -0.545. The molecule has 1 atom stereocenters. The normalized spacial score (nSPS) is 26.7. The summed E-state index contributed by atoms with van der Waals surface area (Å²) in [5.41, 5.74) is 0. The molecule has 0 spiro atoms. The maximum Gasteiger partial charge on any atom is 0.263 e. The molecule has 82 valence electrons. The van der Waals surface area contributed by atoms with Crippen molar-refractivity contribution in [1.29, 1.82) is 0 Å². The topological polar surface area (TPSA) is 40.5 Å². The Morgan fingerprint density at radius 1 is 1.50 bits per heavy atom. The van der Waals surface area contributed by atoms with Crippen LogP contribution in [0.4, 0.5) is 0 Å². The SMILES string of the molecule is CC(O)CN1SC(Br)(Br)C(Br)(Br)C1=O. The number of carbonyl (C=O) groups excluding carboxylic acids is 1. The van der Waals surface area contributed by atoms with Gasteiger partial charge in [-0.3, -0.25) is 9.10 Å². The van der Waals surface area contributed by atoms with Gasteiger partial charge >= 0.3 is 0 Å². The first-order valence-electron chi connectivity index (χ1n) is 3.63. The largest absolute Gasteiger partial charge is 0.392 e. The molecule has 0 bridgehead atoms. The average molecular weight is 477 g/mol. The van der Waals surface area contributed by atoms with Crippen molar-refractivity contribution < 1.29 is 9.90 Å². The van der Waals surface area contributed by atoms with Gasteiger partial charge in [-0.2, -0.15) is 0 Å². The Balaban J connectivity index is 2.84. The van der Waals surface area contributed by atoms with Crippen molar-refractivity contribution in [3.8, 4) is 0 Å². The van der Waals surface area contributed by atoms with Crippen LogP contribution in [-0.2, 0) is 4.79 Å². The van der Waals surface area contributed by atoms with E-state index >= 15 is 0 Å². The number of β-amino-alcohol motifs (C(OH)–C–C–N with tert-alkyl or cyclic N) is 1. The van der Waals surface area contributed by atoms with Crippen LogP contribution < -0.4 is 0 Å². The number of rotatable bonds is 2. The molecule has 1 unspecified atom stereocenters. The highest BCUT2D eigenvalue weighted by molar-refractivity contribution is 9.32. The maximum atomic E-state index is 11.8. The van der Waals surface area contributed by atoms with Crippen molar-refractivity contribution in [2.45, 2.75) is 18.8 Å². The van der Waals surface area contributed by atoms with Gasteiger partial charge in [-0.1, -0.05) is 63.7 Å². The lowest BCUT2D eigenvalue weighted by Crippen LogP contribution is -2.37. The van der Waals surface area contributed by atoms with Gasteiger partial charge in [0.15, 0.2) is 5.80 Å². The van der Waals surface area contributed by atoms with Crippen LogP contribution in [0.1, 0.15) is 6.92 Å². The number of aliphatic hydroxyl groups is 1. The molecule has 0 aromatic rings. The maximum absolute atomic E-state index is 11.8. The van der Waals surface area contributed by atoms with E-state index in [0.29, 0.717) is 6.54 Å². The lowest BCUT2D eigenvalue weighted by Gasteiger charge is -2.20. The highest BCUT2D eigenvalue weighted by Crippen LogP contribution is 2.62. The second-order valence-corrected chi connectivity index (χ2v) is 12.1. The second kappa shape index (κ2) is 4.52. The highest BCUT2D eigenvalue weighted by atomic mass is 79.9. The van der Waals surface area contributed by atoms with Gasteiger partial charge in [-0.25, -0.2) is 0 Å². The number of hydrogen-bond donors (Lipinski definition) is 1. The zero-order chi connectivity index (χ0) is 11.1. The average Bonchev–Trinajstić information content (AvgIpc) is 2.11. The number of aliphatic hydroxyl groups excluding tert-OH is 1. The van der Waals surface area contributed by atoms with Crippen LogP contribution in [0, 0.1) is 0 Å². The van der Waals surface area contributed by atoms with Crippen molar-refractivity contribution in [3.63, 3.8) is 0 Å². The van der Waals surface area contributed by atoms with Crippen molar-refractivity contribution in [2.24, 2.45) is 0 Å². The summed E-state index contributed by atoms with van der Waals surface area (Å²) >= 11 is 14.6. The monoisotopic (exact) mass is 473 g/mol. The smallest absolute Gasteiger partial charge is 0.263 e. The van der Waals surface area contributed by atoms with Crippen LogP contribution in [0.2, 0.25) is 0 Å². The minimum absolute atomic E-state index is 0.142. The fraction of sp³-hybridized carbons (Fsp3) is 0.833. The minimum Gasteiger partial charge on any atom is -0.392 e. The molecule has 0 aromatic carbocycles. The Bertz CT molecular complexity index is 258. The summed E-state index contributed by atoms with van der Waals surface area (Å²) in [5.74, 6) is -0.142. The Labute approximate surface area is 120 Å². The first-order valence-corrected chi connectivity index (χ1v) is 7.58. The second-order valence-electron chi connectivity index (χ2n) is 2.90. The van der Waals surface area contributed by atoms with Gasteiger partial charge in [0.2, 0.25) is 0 Å². The fourth-order valence-electron chi connectivity index (χ4n) is 0.878. The van der Waals surface area contributed by atoms with E-state index in [0.717, 1.165) is 0 Å². The first-order chi connectivity index (χ1) is 6.18. The molecule has 3 nitrogen and oxygen atoms in total. The van der Waals surface area contributed by atoms with Gasteiger partial charge in [0.05, 0.1) is 12.6 Å². The van der Waals surface area contributed by atoms with Crippen LogP contribution in [0.25, 0.3) is 0 Å². The third-order valence-corrected chi connectivity index (χ3v) is 9.17. The van der Waals surface area contributed by atoms with Crippen LogP contribution >= 0.6 is 75.7 Å². The summed E-state index contributed by atoms with van der Waals surface area (Å²) in [6.45, 7) is 1.93. The van der Waals surface area contributed by atoms with Gasteiger partial charge in [0.1, 0.15) is 0 Å². The molecule has 14 heavy (non-hydrogen) atoms. The molecule has 1 amide bonds. The fourth-order valence-corrected chi connectivity index (χ4v) is 4.35. The van der Waals surface area contributed by atoms with Gasteiger partial charge < -0.3 is 5.11 Å². The molecule has 1 heterocycles. The van der Waals surface area contributed by atoms with Crippen molar-refractivity contribution in [1.82, 2.24) is 4.31 Å². The van der Waals surface area contributed by atoms with Gasteiger partial charge in [-0.15, -0.1) is 0 Å². The van der Waals surface area contributed by atoms with Gasteiger partial charge in [-0.05, 0) is 18.9 Å². The van der Waals surface area contributed by atoms with E-state index in [1.807, 2.05) is 0 Å². The summed E-state index contributed by atoms with van der Waals surface area (Å²) in [4.78, 5) is 11.8. The quantitative estimate of drug-likeness (QED) is 0.492. The highest BCUT2D eigenvalue weighted by Gasteiger charge is 2.60. The third kappa shape index (κ3) is 2.51. The Kier molecular flexibility index (Phi) is 4.45. The molecule has 1 fully saturated rings. The number of carbonyl (C=O) groups is 1. The molecule has 0 radical (unpaired) electrons. The number of nitrogens with zero attached hydrogens (tertiary/aromatic N) is 1. The molecule has 0 aromatic heterocycles. The van der Waals surface area contributed by atoms with E-state index < -0.39 is 11.9 Å². The predicted molar refractivity (Wildman–Crippen MR) is 72.2 cm³/mol. The van der Waals surface area contributed by atoms with Crippen molar-refractivity contribution in [3.05, 3.63) is 0 Å². The molecule has 0 aliphatic carbocycles. The summed E-state index contributed by atoms with van der Waals surface area (Å²) in [5, 5.41) is 9.20. The minimum atomic E-state index is -0.896. The standard InChI is InChI=1S/C6H7Br4NO2S/c1-3(12)2-11-4(13)5(7,8)6(9,10)14-11/h3,12H,2H2,1H3. The van der Waals surface area contributed by atoms with Crippen LogP contribution in [-0.4, -0.2) is 33.8 Å². The summed E-state index contributed by atoms with van der Waals surface area (Å²) < 4.78 is -0.0385. The molecule has 1 rings (SSSR count). The third-order valence-electron chi connectivity index (χ3n) is 1.52. The molecule has 0 saturated carbocycles. The Morgan fingerprint density at radius 2 is 2.00 bits per heavy atom. The van der Waals surface area contributed by atoms with Crippen molar-refractivity contribution in [2.75, 3.05) is 6.54 Å². The Hall–Kier alpha value is 1.70. The van der Waals surface area contributed by atoms with Gasteiger partial charge in [0.25, 0.3) is 5.91 Å². The molecule has 1 aliphatic heterocycles. The molecular formula is C6H7Br4NO2S. The van der Waals surface area contributed by atoms with Crippen molar-refractivity contribution >= 4 is 81.6 Å². The molecule has 8 heteroatoms. The first kappa shape index (κ1) is 13.8. The summed E-state index contributed by atoms with van der Waals surface area (Å²) in [7, 11) is 0. The molecule has 1 aliphatic rings. The van der Waals surface area contributed by atoms with Gasteiger partial charge in [0, 0.05) is 0 Å². The van der Waals surface area contributed by atoms with E-state index in [2.05, 4.69) is 63.7 Å². The predicted octanol–water partition coefficient (Wildman–Crippen LogP) is 2.79. The zero-order valence-electron chi connectivity index (χ0n) is 7.01. The van der Waals surface area contributed by atoms with Crippen LogP contribution in [0.3, 0.4) is 0 Å². The molecule has 1 saturated heterocycles. The molecule has 1 N–H and O–H groups in total. The number of halogens is 4. The lowest BCUT2D eigenvalue weighted by atomic mass is 10.4. The Morgan fingerprint density at radius 3 is 2.29 bits per heavy atom. The summed E-state index contributed by atoms with van der Waals surface area (Å²) in [6, 6.07) is 0. The van der Waals surface area contributed by atoms with E-state index in [-0.39, 0.29) is 5.91 Å². The zero-order valence-corrected chi connectivity index (χ0v) is 14.2. The van der Waals surface area contributed by atoms with E-state index in [1.165, 1.54) is 16.3 Å². The lowest BCUT2D eigenvalue weighted by molar-refractivity contribution is -0.125. The van der Waals surface area contributed by atoms with E-state index in [4.69, 9.17) is 0 Å². The van der Waals surface area contributed by atoms with Crippen LogP contribution in [0.5, 0.6) is 0 Å². The number of alkyl halides is 4.